The Hall–Kier alpha value is -1.02. The van der Waals surface area contributed by atoms with Crippen molar-refractivity contribution in [2.75, 3.05) is 6.61 Å². The number of hydrogen-bond donors (Lipinski definition) is 0. The molecule has 1 aliphatic rings. The van der Waals surface area contributed by atoms with Crippen molar-refractivity contribution in [3.8, 4) is 5.75 Å². The van der Waals surface area contributed by atoms with E-state index in [1.54, 1.807) is 18.2 Å². The third kappa shape index (κ3) is 1.42. The van der Waals surface area contributed by atoms with Crippen molar-refractivity contribution >= 4 is 17.4 Å². The van der Waals surface area contributed by atoms with E-state index in [-0.39, 0.29) is 11.7 Å². The van der Waals surface area contributed by atoms with E-state index in [0.717, 1.165) is 0 Å². The molecule has 2 rings (SSSR count). The Morgan fingerprint density at radius 1 is 1.54 bits per heavy atom. The molecule has 0 saturated heterocycles. The van der Waals surface area contributed by atoms with Crippen LogP contribution >= 0.6 is 11.6 Å². The molecule has 1 heterocycles. The lowest BCUT2D eigenvalue weighted by atomic mass is 9.97. The van der Waals surface area contributed by atoms with Crippen LogP contribution in [0.3, 0.4) is 0 Å². The van der Waals surface area contributed by atoms with Crippen LogP contribution < -0.4 is 4.74 Å². The van der Waals surface area contributed by atoms with E-state index in [4.69, 9.17) is 16.3 Å². The summed E-state index contributed by atoms with van der Waals surface area (Å²) in [5.74, 6) is 0.696. The number of ketones is 1. The van der Waals surface area contributed by atoms with Gasteiger partial charge in [0.05, 0.1) is 18.1 Å². The largest absolute Gasteiger partial charge is 0.492 e. The smallest absolute Gasteiger partial charge is 0.172 e. The summed E-state index contributed by atoms with van der Waals surface area (Å²) < 4.78 is 5.38. The molecule has 3 heteroatoms. The van der Waals surface area contributed by atoms with Gasteiger partial charge in [0.15, 0.2) is 5.78 Å². The van der Waals surface area contributed by atoms with Gasteiger partial charge in [-0.15, -0.1) is 0 Å². The van der Waals surface area contributed by atoms with Crippen LogP contribution in [0.5, 0.6) is 5.75 Å². The van der Waals surface area contributed by atoms with Gasteiger partial charge in [0.1, 0.15) is 5.75 Å². The molecule has 0 amide bonds. The third-order valence-corrected chi connectivity index (χ3v) is 2.38. The van der Waals surface area contributed by atoms with Crippen LogP contribution in [0.2, 0.25) is 5.02 Å². The molecule has 0 N–H and O–H groups in total. The Morgan fingerprint density at radius 2 is 2.31 bits per heavy atom. The van der Waals surface area contributed by atoms with E-state index >= 15 is 0 Å². The van der Waals surface area contributed by atoms with Gasteiger partial charge in [0.2, 0.25) is 0 Å². The quantitative estimate of drug-likeness (QED) is 0.638. The molecular formula is C10H9ClO2. The van der Waals surface area contributed by atoms with E-state index in [0.29, 0.717) is 22.9 Å². The van der Waals surface area contributed by atoms with Gasteiger partial charge in [0.25, 0.3) is 0 Å². The lowest BCUT2D eigenvalue weighted by Crippen LogP contribution is -2.25. The van der Waals surface area contributed by atoms with Crippen LogP contribution in [0.15, 0.2) is 18.2 Å². The number of halogens is 1. The predicted molar refractivity (Wildman–Crippen MR) is 50.4 cm³/mol. The van der Waals surface area contributed by atoms with Gasteiger partial charge in [-0.1, -0.05) is 18.5 Å². The van der Waals surface area contributed by atoms with Gasteiger partial charge in [-0.25, -0.2) is 0 Å². The molecule has 0 aromatic heterocycles. The molecule has 1 aliphatic heterocycles. The highest BCUT2D eigenvalue weighted by Gasteiger charge is 2.24. The zero-order chi connectivity index (χ0) is 9.42. The maximum atomic E-state index is 11.6. The van der Waals surface area contributed by atoms with Gasteiger partial charge < -0.3 is 4.74 Å². The van der Waals surface area contributed by atoms with Gasteiger partial charge in [-0.3, -0.25) is 4.79 Å². The number of hydrogen-bond acceptors (Lipinski definition) is 2. The molecule has 0 spiro atoms. The minimum atomic E-state index is -0.0475. The molecule has 1 aromatic carbocycles. The first-order valence-corrected chi connectivity index (χ1v) is 4.53. The number of carbonyl (C=O) groups excluding carboxylic acids is 1. The summed E-state index contributed by atoms with van der Waals surface area (Å²) in [6, 6.07) is 5.11. The van der Waals surface area contributed by atoms with Crippen molar-refractivity contribution in [3.63, 3.8) is 0 Å². The molecule has 2 nitrogen and oxygen atoms in total. The summed E-state index contributed by atoms with van der Waals surface area (Å²) in [5, 5.41) is 0.598. The SMILES string of the molecule is CC1COc2cc(Cl)ccc2C1=O. The van der Waals surface area contributed by atoms with Crippen molar-refractivity contribution < 1.29 is 9.53 Å². The summed E-state index contributed by atoms with van der Waals surface area (Å²) >= 11 is 5.77. The molecule has 68 valence electrons. The van der Waals surface area contributed by atoms with E-state index < -0.39 is 0 Å². The zero-order valence-corrected chi connectivity index (χ0v) is 7.97. The second kappa shape index (κ2) is 3.04. The number of Topliss-reactive ketones (excluding diaryl/α,β-unsaturated/α-hetero) is 1. The molecule has 0 fully saturated rings. The fourth-order valence-corrected chi connectivity index (χ4v) is 1.54. The van der Waals surface area contributed by atoms with E-state index in [9.17, 15) is 4.79 Å². The summed E-state index contributed by atoms with van der Waals surface area (Å²) in [6.45, 7) is 2.31. The highest BCUT2D eigenvalue weighted by atomic mass is 35.5. The molecule has 0 radical (unpaired) electrons. The highest BCUT2D eigenvalue weighted by molar-refractivity contribution is 6.30. The molecule has 1 aromatic rings. The lowest BCUT2D eigenvalue weighted by Gasteiger charge is -2.21. The number of rotatable bonds is 0. The van der Waals surface area contributed by atoms with Crippen molar-refractivity contribution in [3.05, 3.63) is 28.8 Å². The average molecular weight is 197 g/mol. The van der Waals surface area contributed by atoms with Crippen molar-refractivity contribution in [2.24, 2.45) is 5.92 Å². The topological polar surface area (TPSA) is 26.3 Å². The van der Waals surface area contributed by atoms with Crippen LogP contribution in [-0.2, 0) is 0 Å². The molecular weight excluding hydrogens is 188 g/mol. The van der Waals surface area contributed by atoms with Gasteiger partial charge in [-0.05, 0) is 18.2 Å². The Labute approximate surface area is 81.5 Å². The fraction of sp³-hybridized carbons (Fsp3) is 0.300. The van der Waals surface area contributed by atoms with Crippen molar-refractivity contribution in [1.82, 2.24) is 0 Å². The second-order valence-electron chi connectivity index (χ2n) is 3.22. The van der Waals surface area contributed by atoms with Crippen LogP contribution in [0.4, 0.5) is 0 Å². The molecule has 0 bridgehead atoms. The Bertz CT molecular complexity index is 360. The van der Waals surface area contributed by atoms with Crippen LogP contribution in [-0.4, -0.2) is 12.4 Å². The molecule has 13 heavy (non-hydrogen) atoms. The molecule has 1 atom stereocenters. The maximum absolute atomic E-state index is 11.6. The van der Waals surface area contributed by atoms with E-state index in [1.807, 2.05) is 6.92 Å². The average Bonchev–Trinajstić information content (AvgIpc) is 2.12. The van der Waals surface area contributed by atoms with Crippen molar-refractivity contribution in [1.29, 1.82) is 0 Å². The summed E-state index contributed by atoms with van der Waals surface area (Å²) in [7, 11) is 0. The van der Waals surface area contributed by atoms with Crippen LogP contribution in [0.1, 0.15) is 17.3 Å². The zero-order valence-electron chi connectivity index (χ0n) is 7.21. The normalized spacial score (nSPS) is 20.8. The summed E-state index contributed by atoms with van der Waals surface area (Å²) in [5.41, 5.74) is 0.642. The minimum absolute atomic E-state index is 0.0475. The molecule has 0 saturated carbocycles. The first-order chi connectivity index (χ1) is 6.18. The Morgan fingerprint density at radius 3 is 3.08 bits per heavy atom. The fourth-order valence-electron chi connectivity index (χ4n) is 1.38. The first kappa shape index (κ1) is 8.57. The second-order valence-corrected chi connectivity index (χ2v) is 3.65. The first-order valence-electron chi connectivity index (χ1n) is 4.15. The van der Waals surface area contributed by atoms with Gasteiger partial charge >= 0.3 is 0 Å². The van der Waals surface area contributed by atoms with E-state index in [2.05, 4.69) is 0 Å². The molecule has 0 aliphatic carbocycles. The predicted octanol–water partition coefficient (Wildman–Crippen LogP) is 2.55. The number of fused-ring (bicyclic) bond motifs is 1. The maximum Gasteiger partial charge on any atom is 0.172 e. The standard InChI is InChI=1S/C10H9ClO2/c1-6-5-13-9-4-7(11)2-3-8(9)10(6)12/h2-4,6H,5H2,1H3. The monoisotopic (exact) mass is 196 g/mol. The van der Waals surface area contributed by atoms with Gasteiger partial charge in [0, 0.05) is 5.02 Å². The van der Waals surface area contributed by atoms with Crippen molar-refractivity contribution in [2.45, 2.75) is 6.92 Å². The number of benzene rings is 1. The van der Waals surface area contributed by atoms with Crippen LogP contribution in [0.25, 0.3) is 0 Å². The Kier molecular flexibility index (Phi) is 2.00. The number of carbonyl (C=O) groups is 1. The number of ether oxygens (including phenoxy) is 1. The highest BCUT2D eigenvalue weighted by Crippen LogP contribution is 2.29. The third-order valence-electron chi connectivity index (χ3n) is 2.15. The van der Waals surface area contributed by atoms with Crippen LogP contribution in [0, 0.1) is 5.92 Å². The molecule has 1 unspecified atom stereocenters. The summed E-state index contributed by atoms with van der Waals surface area (Å²) in [4.78, 5) is 11.6. The van der Waals surface area contributed by atoms with E-state index in [1.165, 1.54) is 0 Å². The lowest BCUT2D eigenvalue weighted by molar-refractivity contribution is 0.0849. The van der Waals surface area contributed by atoms with Gasteiger partial charge in [-0.2, -0.15) is 0 Å². The minimum Gasteiger partial charge on any atom is -0.492 e. The Balaban J connectivity index is 2.50. The summed E-state index contributed by atoms with van der Waals surface area (Å²) in [6.07, 6.45) is 0.